The maximum Gasteiger partial charge on any atom is 0.290 e. The van der Waals surface area contributed by atoms with E-state index in [0.717, 1.165) is 6.42 Å². The van der Waals surface area contributed by atoms with Crippen molar-refractivity contribution in [2.45, 2.75) is 19.9 Å². The van der Waals surface area contributed by atoms with Crippen LogP contribution < -0.4 is 5.56 Å². The molecular weight excluding hydrogens is 202 g/mol. The van der Waals surface area contributed by atoms with Gasteiger partial charge in [-0.3, -0.25) is 4.79 Å². The Balaban J connectivity index is 2.67. The van der Waals surface area contributed by atoms with E-state index in [2.05, 4.69) is 0 Å². The third kappa shape index (κ3) is 1.44. The lowest BCUT2D eigenvalue weighted by molar-refractivity contribution is 0.281. The molecule has 0 fully saturated rings. The summed E-state index contributed by atoms with van der Waals surface area (Å²) in [5.74, 6) is 0. The van der Waals surface area contributed by atoms with Gasteiger partial charge in [-0.05, 0) is 18.6 Å². The molecule has 74 valence electrons. The van der Waals surface area contributed by atoms with Gasteiger partial charge in [-0.15, -0.1) is 0 Å². The summed E-state index contributed by atoms with van der Waals surface area (Å²) in [4.78, 5) is 11.7. The Bertz CT molecular complexity index is 512. The van der Waals surface area contributed by atoms with Gasteiger partial charge in [-0.1, -0.05) is 18.5 Å². The predicted octanol–water partition coefficient (Wildman–Crippen LogP) is 2.66. The van der Waals surface area contributed by atoms with Crippen LogP contribution in [-0.4, -0.2) is 4.74 Å². The van der Waals surface area contributed by atoms with Crippen molar-refractivity contribution in [1.82, 2.24) is 4.74 Å². The number of aryl methyl sites for hydroxylation is 1. The van der Waals surface area contributed by atoms with Crippen molar-refractivity contribution in [3.8, 4) is 0 Å². The van der Waals surface area contributed by atoms with Crippen molar-refractivity contribution in [2.24, 2.45) is 0 Å². The highest BCUT2D eigenvalue weighted by Gasteiger charge is 2.08. The first-order valence-corrected chi connectivity index (χ1v) is 4.89. The van der Waals surface area contributed by atoms with Gasteiger partial charge in [0, 0.05) is 11.1 Å². The molecule has 1 aromatic carbocycles. The molecule has 1 aromatic heterocycles. The molecule has 0 atom stereocenters. The highest BCUT2D eigenvalue weighted by molar-refractivity contribution is 6.31. The van der Waals surface area contributed by atoms with Gasteiger partial charge >= 0.3 is 0 Å². The summed E-state index contributed by atoms with van der Waals surface area (Å²) in [6.07, 6.45) is 0.869. The van der Waals surface area contributed by atoms with Gasteiger partial charge in [0.05, 0.1) is 11.9 Å². The minimum atomic E-state index is -0.0847. The number of hydrogen-bond donors (Lipinski definition) is 0. The summed E-state index contributed by atoms with van der Waals surface area (Å²) in [6.45, 7) is 2.59. The third-order valence-electron chi connectivity index (χ3n) is 2.04. The molecule has 0 saturated carbocycles. The molecule has 0 N–H and O–H groups in total. The molecule has 14 heavy (non-hydrogen) atoms. The van der Waals surface area contributed by atoms with Gasteiger partial charge in [-0.25, -0.2) is 0 Å². The lowest BCUT2D eigenvalue weighted by atomic mass is 10.3. The van der Waals surface area contributed by atoms with E-state index in [0.29, 0.717) is 22.5 Å². The molecule has 0 aliphatic carbocycles. The average Bonchev–Trinajstić information content (AvgIpc) is 2.44. The largest absolute Gasteiger partial charge is 0.376 e. The van der Waals surface area contributed by atoms with Gasteiger partial charge in [-0.2, -0.15) is 4.74 Å². The molecule has 0 radical (unpaired) electrons. The zero-order valence-corrected chi connectivity index (χ0v) is 8.54. The number of rotatable bonds is 2. The Kier molecular flexibility index (Phi) is 2.33. The average molecular weight is 212 g/mol. The van der Waals surface area contributed by atoms with E-state index >= 15 is 0 Å². The standard InChI is InChI=1S/C10H10ClNO2/c1-2-5-12-10(13)8-4-3-7(11)6-9(8)14-12/h3-4,6H,2,5H2,1H3. The number of halogens is 1. The van der Waals surface area contributed by atoms with E-state index in [1.807, 2.05) is 6.92 Å². The van der Waals surface area contributed by atoms with Crippen LogP contribution in [0.2, 0.25) is 5.02 Å². The summed E-state index contributed by atoms with van der Waals surface area (Å²) in [5, 5.41) is 1.16. The number of benzene rings is 1. The molecule has 0 aliphatic rings. The van der Waals surface area contributed by atoms with Crippen molar-refractivity contribution in [2.75, 3.05) is 0 Å². The molecule has 2 aromatic rings. The van der Waals surface area contributed by atoms with E-state index in [4.69, 9.17) is 16.1 Å². The highest BCUT2D eigenvalue weighted by Crippen LogP contribution is 2.16. The van der Waals surface area contributed by atoms with Crippen LogP contribution in [0.1, 0.15) is 13.3 Å². The summed E-state index contributed by atoms with van der Waals surface area (Å²) in [5.41, 5.74) is 0.467. The Morgan fingerprint density at radius 2 is 2.29 bits per heavy atom. The summed E-state index contributed by atoms with van der Waals surface area (Å²) < 4.78 is 6.70. The predicted molar refractivity (Wildman–Crippen MR) is 55.8 cm³/mol. The molecule has 0 aliphatic heterocycles. The maximum atomic E-state index is 11.7. The van der Waals surface area contributed by atoms with Gasteiger partial charge < -0.3 is 4.52 Å². The van der Waals surface area contributed by atoms with E-state index < -0.39 is 0 Å². The van der Waals surface area contributed by atoms with Crippen molar-refractivity contribution >= 4 is 22.6 Å². The second-order valence-electron chi connectivity index (χ2n) is 3.14. The lowest BCUT2D eigenvalue weighted by Crippen LogP contribution is -2.13. The molecule has 0 spiro atoms. The molecule has 4 heteroatoms. The van der Waals surface area contributed by atoms with Gasteiger partial charge in [0.1, 0.15) is 0 Å². The molecule has 0 amide bonds. The Labute approximate surface area is 85.8 Å². The molecule has 0 unspecified atom stereocenters. The zero-order chi connectivity index (χ0) is 10.1. The molecule has 1 heterocycles. The van der Waals surface area contributed by atoms with Gasteiger partial charge in [0.2, 0.25) is 0 Å². The minimum Gasteiger partial charge on any atom is -0.376 e. The fourth-order valence-corrected chi connectivity index (χ4v) is 1.56. The Hall–Kier alpha value is -1.22. The summed E-state index contributed by atoms with van der Waals surface area (Å²) in [6, 6.07) is 5.04. The first-order chi connectivity index (χ1) is 6.72. The normalized spacial score (nSPS) is 11.0. The van der Waals surface area contributed by atoms with Crippen molar-refractivity contribution in [3.63, 3.8) is 0 Å². The number of fused-ring (bicyclic) bond motifs is 1. The molecular formula is C10H10ClNO2. The monoisotopic (exact) mass is 211 g/mol. The van der Waals surface area contributed by atoms with E-state index in [-0.39, 0.29) is 5.56 Å². The van der Waals surface area contributed by atoms with E-state index in [1.165, 1.54) is 4.74 Å². The lowest BCUT2D eigenvalue weighted by Gasteiger charge is -1.92. The number of nitrogens with zero attached hydrogens (tertiary/aromatic N) is 1. The smallest absolute Gasteiger partial charge is 0.290 e. The van der Waals surface area contributed by atoms with Crippen LogP contribution in [0.5, 0.6) is 0 Å². The fraction of sp³-hybridized carbons (Fsp3) is 0.300. The van der Waals surface area contributed by atoms with Crippen molar-refractivity contribution in [1.29, 1.82) is 0 Å². The first-order valence-electron chi connectivity index (χ1n) is 4.51. The van der Waals surface area contributed by atoms with E-state index in [1.54, 1.807) is 18.2 Å². The molecule has 2 rings (SSSR count). The van der Waals surface area contributed by atoms with Gasteiger partial charge in [0.25, 0.3) is 5.56 Å². The van der Waals surface area contributed by atoms with Crippen LogP contribution in [-0.2, 0) is 6.54 Å². The second kappa shape index (κ2) is 3.50. The number of aromatic nitrogens is 1. The minimum absolute atomic E-state index is 0.0847. The van der Waals surface area contributed by atoms with E-state index in [9.17, 15) is 4.79 Å². The Morgan fingerprint density at radius 1 is 1.50 bits per heavy atom. The first kappa shape index (κ1) is 9.34. The van der Waals surface area contributed by atoms with Crippen LogP contribution in [0.4, 0.5) is 0 Å². The van der Waals surface area contributed by atoms with Crippen molar-refractivity contribution in [3.05, 3.63) is 33.6 Å². The van der Waals surface area contributed by atoms with Gasteiger partial charge in [0.15, 0.2) is 5.58 Å². The van der Waals surface area contributed by atoms with Crippen LogP contribution >= 0.6 is 11.6 Å². The maximum absolute atomic E-state index is 11.7. The zero-order valence-electron chi connectivity index (χ0n) is 7.79. The topological polar surface area (TPSA) is 35.1 Å². The summed E-state index contributed by atoms with van der Waals surface area (Å²) in [7, 11) is 0. The summed E-state index contributed by atoms with van der Waals surface area (Å²) >= 11 is 5.79. The SMILES string of the molecule is CCCn1oc2cc(Cl)ccc2c1=O. The molecule has 0 bridgehead atoms. The van der Waals surface area contributed by atoms with Crippen LogP contribution in [0.15, 0.2) is 27.5 Å². The third-order valence-corrected chi connectivity index (χ3v) is 2.27. The molecule has 3 nitrogen and oxygen atoms in total. The van der Waals surface area contributed by atoms with Crippen LogP contribution in [0.25, 0.3) is 11.0 Å². The fourth-order valence-electron chi connectivity index (χ4n) is 1.39. The van der Waals surface area contributed by atoms with Crippen LogP contribution in [0.3, 0.4) is 0 Å². The highest BCUT2D eigenvalue weighted by atomic mass is 35.5. The Morgan fingerprint density at radius 3 is 3.00 bits per heavy atom. The second-order valence-corrected chi connectivity index (χ2v) is 3.58. The molecule has 0 saturated heterocycles. The quantitative estimate of drug-likeness (QED) is 0.766. The number of hydrogen-bond acceptors (Lipinski definition) is 2. The van der Waals surface area contributed by atoms with Crippen LogP contribution in [0, 0.1) is 0 Å². The van der Waals surface area contributed by atoms with Crippen molar-refractivity contribution < 1.29 is 4.52 Å².